The minimum Gasteiger partial charge on any atom is -0.541 e. The maximum Gasteiger partial charge on any atom is 0.250 e. The van der Waals surface area contributed by atoms with Crippen LogP contribution in [-0.2, 0) is 12.8 Å². The van der Waals surface area contributed by atoms with Crippen LogP contribution in [0, 0.1) is 0 Å². The Bertz CT molecular complexity index is 956. The second kappa shape index (κ2) is 9.04. The first-order valence-electron chi connectivity index (χ1n) is 10.7. The van der Waals surface area contributed by atoms with Crippen LogP contribution in [0.5, 0.6) is 23.0 Å². The fraction of sp³-hybridized carbons (Fsp3) is 0.500. The lowest BCUT2D eigenvalue weighted by atomic mass is 9.89. The summed E-state index contributed by atoms with van der Waals surface area (Å²) in [6.45, 7) is 12.1. The summed E-state index contributed by atoms with van der Waals surface area (Å²) in [6, 6.07) is 8.20. The van der Waals surface area contributed by atoms with E-state index in [1.165, 1.54) is 11.1 Å². The summed E-state index contributed by atoms with van der Waals surface area (Å²) in [5.41, 5.74) is 3.52. The molecule has 5 nitrogen and oxygen atoms in total. The number of hydrogen-bond acceptors (Lipinski definition) is 5. The van der Waals surface area contributed by atoms with Gasteiger partial charge in [-0.3, -0.25) is 0 Å². The Morgan fingerprint density at radius 2 is 1.77 bits per heavy atom. The number of halogens is 1. The van der Waals surface area contributed by atoms with Crippen LogP contribution in [0.2, 0.25) is 18.1 Å². The van der Waals surface area contributed by atoms with Crippen molar-refractivity contribution in [3.8, 4) is 23.0 Å². The molecule has 2 aromatic rings. The van der Waals surface area contributed by atoms with Gasteiger partial charge in [0.05, 0.1) is 18.7 Å². The lowest BCUT2D eigenvalue weighted by Gasteiger charge is -2.37. The van der Waals surface area contributed by atoms with Crippen LogP contribution in [-0.4, -0.2) is 34.2 Å². The van der Waals surface area contributed by atoms with Crippen molar-refractivity contribution in [2.75, 3.05) is 20.8 Å². The molecule has 1 atom stereocenters. The number of nitrogens with one attached hydrogen (secondary N) is 1. The van der Waals surface area contributed by atoms with Crippen molar-refractivity contribution in [2.24, 2.45) is 0 Å². The lowest BCUT2D eigenvalue weighted by molar-refractivity contribution is 0.371. The topological polar surface area (TPSA) is 60.0 Å². The number of ether oxygens (including phenoxy) is 2. The zero-order valence-electron chi connectivity index (χ0n) is 19.6. The molecule has 0 unspecified atom stereocenters. The highest BCUT2D eigenvalue weighted by atomic mass is 79.9. The molecule has 1 aliphatic rings. The van der Waals surface area contributed by atoms with Crippen molar-refractivity contribution < 1.29 is 19.0 Å². The monoisotopic (exact) mass is 507 g/mol. The molecule has 1 heterocycles. The molecule has 2 N–H and O–H groups in total. The summed E-state index contributed by atoms with van der Waals surface area (Å²) in [4.78, 5) is 0. The number of phenolic OH excluding ortho intramolecular Hbond substituents is 1. The van der Waals surface area contributed by atoms with Crippen LogP contribution in [0.3, 0.4) is 0 Å². The Labute approximate surface area is 195 Å². The van der Waals surface area contributed by atoms with Crippen LogP contribution in [0.25, 0.3) is 0 Å². The molecule has 0 fully saturated rings. The molecule has 7 heteroatoms. The Kier molecular flexibility index (Phi) is 6.98. The smallest absolute Gasteiger partial charge is 0.250 e. The van der Waals surface area contributed by atoms with Crippen LogP contribution in [0.15, 0.2) is 28.7 Å². The SMILES string of the molecule is COc1cc2c(cc1O[Si](C)(C)C(C)(C)C)[C@@H](Cc1ccc(OC)c(O)c1Br)NCC2. The Balaban J connectivity index is 1.98. The summed E-state index contributed by atoms with van der Waals surface area (Å²) < 4.78 is 18.2. The maximum atomic E-state index is 10.4. The Hall–Kier alpha value is -1.70. The summed E-state index contributed by atoms with van der Waals surface area (Å²) in [5.74, 6) is 2.21. The zero-order chi connectivity index (χ0) is 23.0. The highest BCUT2D eigenvalue weighted by Crippen LogP contribution is 2.43. The lowest BCUT2D eigenvalue weighted by Crippen LogP contribution is -2.44. The third-order valence-electron chi connectivity index (χ3n) is 6.56. The van der Waals surface area contributed by atoms with Crippen molar-refractivity contribution in [1.82, 2.24) is 5.32 Å². The number of benzene rings is 2. The first-order valence-corrected chi connectivity index (χ1v) is 14.4. The van der Waals surface area contributed by atoms with Gasteiger partial charge in [-0.1, -0.05) is 26.8 Å². The average molecular weight is 509 g/mol. The molecule has 0 radical (unpaired) electrons. The van der Waals surface area contributed by atoms with E-state index in [1.54, 1.807) is 20.3 Å². The molecule has 1 aliphatic heterocycles. The van der Waals surface area contributed by atoms with Gasteiger partial charge in [0.25, 0.3) is 8.32 Å². The van der Waals surface area contributed by atoms with Crippen LogP contribution in [0.4, 0.5) is 0 Å². The quantitative estimate of drug-likeness (QED) is 0.470. The third-order valence-corrected chi connectivity index (χ3v) is 11.8. The van der Waals surface area contributed by atoms with E-state index < -0.39 is 8.32 Å². The molecule has 2 aromatic carbocycles. The predicted molar refractivity (Wildman–Crippen MR) is 131 cm³/mol. The summed E-state index contributed by atoms with van der Waals surface area (Å²) in [5, 5.41) is 14.1. The number of rotatable bonds is 6. The van der Waals surface area contributed by atoms with E-state index in [2.05, 4.69) is 67.2 Å². The van der Waals surface area contributed by atoms with Gasteiger partial charge in [-0.15, -0.1) is 0 Å². The number of fused-ring (bicyclic) bond motifs is 1. The minimum absolute atomic E-state index is 0.0943. The summed E-state index contributed by atoms with van der Waals surface area (Å²) in [7, 11) is 1.24. The van der Waals surface area contributed by atoms with Gasteiger partial charge in [-0.25, -0.2) is 0 Å². The largest absolute Gasteiger partial charge is 0.541 e. The minimum atomic E-state index is -2.02. The van der Waals surface area contributed by atoms with Gasteiger partial charge in [-0.2, -0.15) is 0 Å². The van der Waals surface area contributed by atoms with E-state index in [4.69, 9.17) is 13.9 Å². The highest BCUT2D eigenvalue weighted by molar-refractivity contribution is 9.10. The molecule has 0 aliphatic carbocycles. The van der Waals surface area contributed by atoms with Crippen LogP contribution < -0.4 is 19.2 Å². The molecular formula is C24H34BrNO4Si. The first-order chi connectivity index (χ1) is 14.5. The first kappa shape index (κ1) is 23.9. The van der Waals surface area contributed by atoms with Gasteiger partial charge >= 0.3 is 0 Å². The fourth-order valence-electron chi connectivity index (χ4n) is 3.63. The number of aromatic hydroxyl groups is 1. The molecule has 0 saturated heterocycles. The Morgan fingerprint density at radius 3 is 2.39 bits per heavy atom. The van der Waals surface area contributed by atoms with Crippen molar-refractivity contribution in [2.45, 2.75) is 57.8 Å². The van der Waals surface area contributed by atoms with E-state index in [0.717, 1.165) is 36.4 Å². The Morgan fingerprint density at radius 1 is 1.10 bits per heavy atom. The van der Waals surface area contributed by atoms with Crippen molar-refractivity contribution in [1.29, 1.82) is 0 Å². The van der Waals surface area contributed by atoms with E-state index in [-0.39, 0.29) is 16.8 Å². The average Bonchev–Trinajstić information content (AvgIpc) is 2.70. The molecule has 31 heavy (non-hydrogen) atoms. The van der Waals surface area contributed by atoms with Crippen LogP contribution in [0.1, 0.15) is 43.5 Å². The second-order valence-electron chi connectivity index (χ2n) is 9.61. The fourth-order valence-corrected chi connectivity index (χ4v) is 5.13. The van der Waals surface area contributed by atoms with Gasteiger partial charge < -0.3 is 24.3 Å². The standard InChI is InChI=1S/C24H34BrNO4Si/c1-24(2,3)31(6,7)30-21-14-17-15(13-20(21)29-5)10-11-26-18(17)12-16-8-9-19(28-4)23(27)22(16)25/h8-9,13-14,18,26-27H,10-12H2,1-7H3/t18-/m1/s1. The van der Waals surface area contributed by atoms with Gasteiger partial charge in [0.1, 0.15) is 5.75 Å². The van der Waals surface area contributed by atoms with Crippen LogP contribution >= 0.6 is 15.9 Å². The number of phenols is 1. The number of methoxy groups -OCH3 is 2. The normalized spacial score (nSPS) is 16.6. The molecule has 170 valence electrons. The third kappa shape index (κ3) is 4.88. The zero-order valence-corrected chi connectivity index (χ0v) is 22.1. The van der Waals surface area contributed by atoms with Gasteiger partial charge in [-0.05, 0) is 88.3 Å². The maximum absolute atomic E-state index is 10.4. The number of hydrogen-bond donors (Lipinski definition) is 2. The second-order valence-corrected chi connectivity index (χ2v) is 15.1. The van der Waals surface area contributed by atoms with E-state index in [1.807, 2.05) is 6.07 Å². The van der Waals surface area contributed by atoms with Crippen molar-refractivity contribution in [3.63, 3.8) is 0 Å². The molecule has 0 spiro atoms. The molecule has 0 bridgehead atoms. The molecule has 0 saturated carbocycles. The van der Waals surface area contributed by atoms with E-state index >= 15 is 0 Å². The molecule has 3 rings (SSSR count). The van der Waals surface area contributed by atoms with Crippen molar-refractivity contribution in [3.05, 3.63) is 45.4 Å². The summed E-state index contributed by atoms with van der Waals surface area (Å²) >= 11 is 3.54. The van der Waals surface area contributed by atoms with Gasteiger partial charge in [0.15, 0.2) is 17.2 Å². The van der Waals surface area contributed by atoms with Gasteiger partial charge in [0, 0.05) is 6.04 Å². The highest BCUT2D eigenvalue weighted by Gasteiger charge is 2.40. The molecular weight excluding hydrogens is 474 g/mol. The predicted octanol–water partition coefficient (Wildman–Crippen LogP) is 5.99. The summed E-state index contributed by atoms with van der Waals surface area (Å²) in [6.07, 6.45) is 1.68. The van der Waals surface area contributed by atoms with Gasteiger partial charge in [0.2, 0.25) is 0 Å². The molecule has 0 amide bonds. The van der Waals surface area contributed by atoms with E-state index in [0.29, 0.717) is 10.2 Å². The molecule has 0 aromatic heterocycles. The van der Waals surface area contributed by atoms with Crippen molar-refractivity contribution >= 4 is 24.2 Å². The van der Waals surface area contributed by atoms with E-state index in [9.17, 15) is 5.11 Å².